The fraction of sp³-hybridized carbons (Fsp3) is 0.211. The topological polar surface area (TPSA) is 82.4 Å². The van der Waals surface area contributed by atoms with Crippen molar-refractivity contribution >= 4 is 22.9 Å². The summed E-state index contributed by atoms with van der Waals surface area (Å²) in [5.41, 5.74) is 0.620. The van der Waals surface area contributed by atoms with Crippen molar-refractivity contribution in [3.8, 4) is 5.75 Å². The SMILES string of the molecule is O=C(COc1ccccc1)NCC(=O)OCc1nc2ccccc2n1C(F)F. The van der Waals surface area contributed by atoms with Gasteiger partial charge in [0.2, 0.25) is 0 Å². The van der Waals surface area contributed by atoms with Gasteiger partial charge in [-0.1, -0.05) is 30.3 Å². The van der Waals surface area contributed by atoms with E-state index >= 15 is 0 Å². The zero-order valence-electron chi connectivity index (χ0n) is 14.7. The van der Waals surface area contributed by atoms with Gasteiger partial charge in [-0.25, -0.2) is 4.98 Å². The molecule has 0 fully saturated rings. The largest absolute Gasteiger partial charge is 0.484 e. The lowest BCUT2D eigenvalue weighted by atomic mass is 10.3. The van der Waals surface area contributed by atoms with E-state index in [1.807, 2.05) is 6.07 Å². The minimum Gasteiger partial charge on any atom is -0.484 e. The van der Waals surface area contributed by atoms with Crippen molar-refractivity contribution in [1.82, 2.24) is 14.9 Å². The second kappa shape index (κ2) is 8.94. The third kappa shape index (κ3) is 4.81. The lowest BCUT2D eigenvalue weighted by molar-refractivity contribution is -0.145. The second-order valence-corrected chi connectivity index (χ2v) is 5.70. The van der Waals surface area contributed by atoms with Crippen LogP contribution >= 0.6 is 0 Å². The summed E-state index contributed by atoms with van der Waals surface area (Å²) in [6.45, 7) is -3.94. The van der Waals surface area contributed by atoms with Crippen LogP contribution in [-0.2, 0) is 20.9 Å². The number of nitrogens with one attached hydrogen (secondary N) is 1. The number of alkyl halides is 2. The number of esters is 1. The molecule has 0 saturated carbocycles. The van der Waals surface area contributed by atoms with E-state index < -0.39 is 31.6 Å². The van der Waals surface area contributed by atoms with Gasteiger partial charge in [-0.3, -0.25) is 14.2 Å². The van der Waals surface area contributed by atoms with Gasteiger partial charge in [-0.15, -0.1) is 0 Å². The number of imidazole rings is 1. The van der Waals surface area contributed by atoms with Crippen LogP contribution in [0.5, 0.6) is 5.75 Å². The van der Waals surface area contributed by atoms with Gasteiger partial charge in [0, 0.05) is 0 Å². The Labute approximate surface area is 158 Å². The second-order valence-electron chi connectivity index (χ2n) is 5.70. The minimum absolute atomic E-state index is 0.0803. The highest BCUT2D eigenvalue weighted by Crippen LogP contribution is 2.23. The average molecular weight is 389 g/mol. The van der Waals surface area contributed by atoms with E-state index in [2.05, 4.69) is 10.3 Å². The number of rotatable bonds is 8. The Balaban J connectivity index is 1.48. The molecule has 0 unspecified atom stereocenters. The molecule has 0 atom stereocenters. The first-order chi connectivity index (χ1) is 13.5. The van der Waals surface area contributed by atoms with Crippen LogP contribution in [0.3, 0.4) is 0 Å². The number of aromatic nitrogens is 2. The number of para-hydroxylation sites is 3. The Morgan fingerprint density at radius 2 is 1.79 bits per heavy atom. The van der Waals surface area contributed by atoms with E-state index in [1.54, 1.807) is 42.5 Å². The summed E-state index contributed by atoms with van der Waals surface area (Å²) >= 11 is 0. The maximum Gasteiger partial charge on any atom is 0.325 e. The molecule has 0 saturated heterocycles. The summed E-state index contributed by atoms with van der Waals surface area (Å²) in [5.74, 6) is -0.851. The molecule has 7 nitrogen and oxygen atoms in total. The van der Waals surface area contributed by atoms with Crippen LogP contribution in [0.4, 0.5) is 8.78 Å². The third-order valence-corrected chi connectivity index (χ3v) is 3.77. The Hall–Kier alpha value is -3.49. The Morgan fingerprint density at radius 3 is 2.54 bits per heavy atom. The first-order valence-electron chi connectivity index (χ1n) is 8.39. The molecule has 0 aliphatic heterocycles. The van der Waals surface area contributed by atoms with E-state index in [9.17, 15) is 18.4 Å². The van der Waals surface area contributed by atoms with Crippen molar-refractivity contribution in [2.45, 2.75) is 13.2 Å². The molecule has 2 aromatic carbocycles. The standard InChI is InChI=1S/C19H17F2N3O4/c20-19(21)24-15-9-5-4-8-14(15)23-16(24)11-28-18(26)10-22-17(25)12-27-13-6-2-1-3-7-13/h1-9,19H,10-12H2,(H,22,25). The number of carbonyl (C=O) groups is 2. The van der Waals surface area contributed by atoms with Crippen LogP contribution in [0.1, 0.15) is 12.4 Å². The molecular formula is C19H17F2N3O4. The maximum absolute atomic E-state index is 13.3. The molecule has 28 heavy (non-hydrogen) atoms. The molecular weight excluding hydrogens is 372 g/mol. The highest BCUT2D eigenvalue weighted by Gasteiger charge is 2.18. The van der Waals surface area contributed by atoms with Crippen LogP contribution in [0.25, 0.3) is 11.0 Å². The normalized spacial score (nSPS) is 10.8. The zero-order valence-corrected chi connectivity index (χ0v) is 14.7. The van der Waals surface area contributed by atoms with Crippen molar-refractivity contribution in [1.29, 1.82) is 0 Å². The van der Waals surface area contributed by atoms with Crippen molar-refractivity contribution in [2.24, 2.45) is 0 Å². The lowest BCUT2D eigenvalue weighted by Gasteiger charge is -2.09. The monoisotopic (exact) mass is 389 g/mol. The molecule has 0 bridgehead atoms. The van der Waals surface area contributed by atoms with Crippen molar-refractivity contribution < 1.29 is 27.8 Å². The van der Waals surface area contributed by atoms with Gasteiger partial charge in [-0.05, 0) is 24.3 Å². The summed E-state index contributed by atoms with van der Waals surface area (Å²) in [7, 11) is 0. The Kier molecular flexibility index (Phi) is 6.15. The molecule has 0 aliphatic rings. The fourth-order valence-electron chi connectivity index (χ4n) is 2.50. The number of amides is 1. The van der Waals surface area contributed by atoms with E-state index in [-0.39, 0.29) is 17.9 Å². The van der Waals surface area contributed by atoms with Crippen LogP contribution in [-0.4, -0.2) is 34.6 Å². The number of nitrogens with zero attached hydrogens (tertiary/aromatic N) is 2. The predicted molar refractivity (Wildman–Crippen MR) is 95.7 cm³/mol. The van der Waals surface area contributed by atoms with Gasteiger partial charge in [0.15, 0.2) is 12.4 Å². The van der Waals surface area contributed by atoms with E-state index in [0.29, 0.717) is 15.8 Å². The first-order valence-corrected chi connectivity index (χ1v) is 8.39. The summed E-state index contributed by atoms with van der Waals surface area (Å²) < 4.78 is 37.5. The van der Waals surface area contributed by atoms with E-state index in [1.165, 1.54) is 6.07 Å². The zero-order chi connectivity index (χ0) is 19.9. The molecule has 0 radical (unpaired) electrons. The molecule has 1 aromatic heterocycles. The first kappa shape index (κ1) is 19.3. The van der Waals surface area contributed by atoms with Crippen molar-refractivity contribution in [3.63, 3.8) is 0 Å². The molecule has 1 heterocycles. The van der Waals surface area contributed by atoms with Gasteiger partial charge in [0.1, 0.15) is 18.9 Å². The quantitative estimate of drug-likeness (QED) is 0.599. The molecule has 3 aromatic rings. The van der Waals surface area contributed by atoms with Gasteiger partial charge >= 0.3 is 12.5 Å². The fourth-order valence-corrected chi connectivity index (χ4v) is 2.50. The van der Waals surface area contributed by atoms with E-state index in [4.69, 9.17) is 9.47 Å². The Bertz CT molecular complexity index is 960. The van der Waals surface area contributed by atoms with Crippen molar-refractivity contribution in [3.05, 3.63) is 60.4 Å². The number of benzene rings is 2. The van der Waals surface area contributed by atoms with Crippen LogP contribution in [0.15, 0.2) is 54.6 Å². The smallest absolute Gasteiger partial charge is 0.325 e. The predicted octanol–water partition coefficient (Wildman–Crippen LogP) is 2.67. The summed E-state index contributed by atoms with van der Waals surface area (Å²) in [6.07, 6.45) is 0. The molecule has 146 valence electrons. The molecule has 0 spiro atoms. The van der Waals surface area contributed by atoms with Gasteiger partial charge in [-0.2, -0.15) is 8.78 Å². The highest BCUT2D eigenvalue weighted by atomic mass is 19.3. The van der Waals surface area contributed by atoms with Gasteiger partial charge < -0.3 is 14.8 Å². The lowest BCUT2D eigenvalue weighted by Crippen LogP contribution is -2.34. The maximum atomic E-state index is 13.3. The minimum atomic E-state index is -2.82. The number of hydrogen-bond donors (Lipinski definition) is 1. The van der Waals surface area contributed by atoms with E-state index in [0.717, 1.165) is 0 Å². The van der Waals surface area contributed by atoms with Crippen LogP contribution in [0.2, 0.25) is 0 Å². The third-order valence-electron chi connectivity index (χ3n) is 3.77. The molecule has 1 amide bonds. The summed E-state index contributed by atoms with van der Waals surface area (Å²) in [5, 5.41) is 2.34. The summed E-state index contributed by atoms with van der Waals surface area (Å²) in [6, 6.07) is 15.1. The molecule has 9 heteroatoms. The molecule has 0 aliphatic carbocycles. The number of fused-ring (bicyclic) bond motifs is 1. The van der Waals surface area contributed by atoms with Crippen LogP contribution in [0, 0.1) is 0 Å². The van der Waals surface area contributed by atoms with Crippen LogP contribution < -0.4 is 10.1 Å². The number of ether oxygens (including phenoxy) is 2. The number of carbonyl (C=O) groups excluding carboxylic acids is 2. The van der Waals surface area contributed by atoms with Crippen molar-refractivity contribution in [2.75, 3.05) is 13.2 Å². The highest BCUT2D eigenvalue weighted by molar-refractivity contribution is 5.82. The Morgan fingerprint density at radius 1 is 1.07 bits per heavy atom. The number of halogens is 2. The number of hydrogen-bond acceptors (Lipinski definition) is 5. The molecule has 1 N–H and O–H groups in total. The molecule has 3 rings (SSSR count). The van der Waals surface area contributed by atoms with Gasteiger partial charge in [0.25, 0.3) is 5.91 Å². The van der Waals surface area contributed by atoms with Gasteiger partial charge in [0.05, 0.1) is 11.0 Å². The summed E-state index contributed by atoms with van der Waals surface area (Å²) in [4.78, 5) is 27.5. The average Bonchev–Trinajstić information content (AvgIpc) is 3.08.